The van der Waals surface area contributed by atoms with Crippen molar-refractivity contribution >= 4 is 15.9 Å². The lowest BCUT2D eigenvalue weighted by molar-refractivity contribution is 0.0287. The molecular weight excluding hydrogens is 328 g/mol. The maximum absolute atomic E-state index is 12.8. The van der Waals surface area contributed by atoms with Crippen LogP contribution >= 0.6 is 0 Å². The zero-order valence-electron chi connectivity index (χ0n) is 14.1. The van der Waals surface area contributed by atoms with Crippen molar-refractivity contribution in [3.8, 4) is 0 Å². The van der Waals surface area contributed by atoms with Crippen LogP contribution in [0, 0.1) is 0 Å². The third-order valence-corrected chi connectivity index (χ3v) is 6.38. The molecule has 2 aliphatic heterocycles. The maximum atomic E-state index is 12.8. The molecule has 1 aromatic rings. The number of fused-ring (bicyclic) bond motifs is 2. The SMILES string of the molecule is CN(Cc1ccc(C(=O)N2C3CCC2CC(O)C3)cc1)S(C)(=O)=O. The van der Waals surface area contributed by atoms with Gasteiger partial charge in [-0.1, -0.05) is 12.1 Å². The molecule has 2 bridgehead atoms. The second-order valence-corrected chi connectivity index (χ2v) is 9.03. The van der Waals surface area contributed by atoms with Crippen molar-refractivity contribution in [2.45, 2.75) is 50.4 Å². The van der Waals surface area contributed by atoms with Gasteiger partial charge in [0.25, 0.3) is 5.91 Å². The average molecular weight is 352 g/mol. The molecule has 1 amide bonds. The Kier molecular flexibility index (Phi) is 4.68. The van der Waals surface area contributed by atoms with Crippen LogP contribution in [0.15, 0.2) is 24.3 Å². The topological polar surface area (TPSA) is 77.9 Å². The monoisotopic (exact) mass is 352 g/mol. The molecule has 3 rings (SSSR count). The number of hydrogen-bond acceptors (Lipinski definition) is 4. The lowest BCUT2D eigenvalue weighted by Gasteiger charge is -2.37. The molecule has 0 aliphatic carbocycles. The van der Waals surface area contributed by atoms with Gasteiger partial charge in [-0.05, 0) is 43.4 Å². The fraction of sp³-hybridized carbons (Fsp3) is 0.588. The summed E-state index contributed by atoms with van der Waals surface area (Å²) >= 11 is 0. The summed E-state index contributed by atoms with van der Waals surface area (Å²) in [5, 5.41) is 9.85. The number of hydrogen-bond donors (Lipinski definition) is 1. The van der Waals surface area contributed by atoms with Gasteiger partial charge in [0.15, 0.2) is 0 Å². The van der Waals surface area contributed by atoms with E-state index in [1.54, 1.807) is 24.3 Å². The first-order valence-electron chi connectivity index (χ1n) is 8.26. The molecule has 1 aromatic carbocycles. The van der Waals surface area contributed by atoms with E-state index in [0.717, 1.165) is 18.4 Å². The number of carbonyl (C=O) groups excluding carboxylic acids is 1. The summed E-state index contributed by atoms with van der Waals surface area (Å²) in [6, 6.07) is 7.41. The van der Waals surface area contributed by atoms with Crippen LogP contribution in [0.1, 0.15) is 41.6 Å². The minimum atomic E-state index is -3.22. The number of amides is 1. The molecule has 6 nitrogen and oxygen atoms in total. The van der Waals surface area contributed by atoms with Gasteiger partial charge in [-0.25, -0.2) is 12.7 Å². The molecule has 2 aliphatic rings. The Morgan fingerprint density at radius 1 is 1.21 bits per heavy atom. The highest BCUT2D eigenvalue weighted by atomic mass is 32.2. The Balaban J connectivity index is 1.71. The summed E-state index contributed by atoms with van der Waals surface area (Å²) in [5.41, 5.74) is 1.46. The van der Waals surface area contributed by atoms with Gasteiger partial charge in [0.05, 0.1) is 12.4 Å². The van der Waals surface area contributed by atoms with Crippen molar-refractivity contribution in [1.29, 1.82) is 0 Å². The van der Waals surface area contributed by atoms with Crippen molar-refractivity contribution in [2.75, 3.05) is 13.3 Å². The Morgan fingerprint density at radius 2 is 1.75 bits per heavy atom. The number of rotatable bonds is 4. The summed E-state index contributed by atoms with van der Waals surface area (Å²) < 4.78 is 24.2. The van der Waals surface area contributed by atoms with E-state index in [-0.39, 0.29) is 30.6 Å². The third-order valence-electron chi connectivity index (χ3n) is 5.11. The Hall–Kier alpha value is -1.44. The van der Waals surface area contributed by atoms with Crippen LogP contribution < -0.4 is 0 Å². The predicted molar refractivity (Wildman–Crippen MR) is 91.0 cm³/mol. The highest BCUT2D eigenvalue weighted by Gasteiger charge is 2.42. The Labute approximate surface area is 143 Å². The van der Waals surface area contributed by atoms with E-state index >= 15 is 0 Å². The van der Waals surface area contributed by atoms with Crippen LogP contribution in [0.2, 0.25) is 0 Å². The molecule has 7 heteroatoms. The summed E-state index contributed by atoms with van der Waals surface area (Å²) in [6.45, 7) is 0.286. The quantitative estimate of drug-likeness (QED) is 0.883. The molecule has 2 atom stereocenters. The molecular formula is C17H24N2O4S. The second-order valence-electron chi connectivity index (χ2n) is 6.94. The zero-order valence-corrected chi connectivity index (χ0v) is 14.9. The fourth-order valence-corrected chi connectivity index (χ4v) is 4.14. The molecule has 0 spiro atoms. The van der Waals surface area contributed by atoms with Crippen molar-refractivity contribution in [2.24, 2.45) is 0 Å². The smallest absolute Gasteiger partial charge is 0.254 e. The van der Waals surface area contributed by atoms with Gasteiger partial charge in [-0.15, -0.1) is 0 Å². The van der Waals surface area contributed by atoms with Gasteiger partial charge in [0.1, 0.15) is 0 Å². The van der Waals surface area contributed by atoms with Crippen molar-refractivity contribution in [3.63, 3.8) is 0 Å². The maximum Gasteiger partial charge on any atom is 0.254 e. The largest absolute Gasteiger partial charge is 0.393 e. The molecule has 24 heavy (non-hydrogen) atoms. The summed E-state index contributed by atoms with van der Waals surface area (Å²) in [4.78, 5) is 14.7. The van der Waals surface area contributed by atoms with Crippen molar-refractivity contribution < 1.29 is 18.3 Å². The molecule has 2 fully saturated rings. The van der Waals surface area contributed by atoms with Crippen LogP contribution in [0.4, 0.5) is 0 Å². The first kappa shape index (κ1) is 17.4. The number of sulfonamides is 1. The molecule has 0 saturated carbocycles. The lowest BCUT2D eigenvalue weighted by atomic mass is 9.98. The van der Waals surface area contributed by atoms with Gasteiger partial charge >= 0.3 is 0 Å². The van der Waals surface area contributed by atoms with Gasteiger partial charge in [0.2, 0.25) is 10.0 Å². The van der Waals surface area contributed by atoms with Crippen LogP contribution in [0.5, 0.6) is 0 Å². The number of piperidine rings is 1. The average Bonchev–Trinajstić information content (AvgIpc) is 2.78. The first-order chi connectivity index (χ1) is 11.3. The van der Waals surface area contributed by atoms with E-state index in [1.807, 2.05) is 4.90 Å². The molecule has 2 saturated heterocycles. The van der Waals surface area contributed by atoms with Gasteiger partial charge < -0.3 is 10.0 Å². The van der Waals surface area contributed by atoms with Crippen molar-refractivity contribution in [3.05, 3.63) is 35.4 Å². The zero-order chi connectivity index (χ0) is 17.5. The number of nitrogens with zero attached hydrogens (tertiary/aromatic N) is 2. The van der Waals surface area contributed by atoms with E-state index in [9.17, 15) is 18.3 Å². The number of aliphatic hydroxyl groups excluding tert-OH is 1. The normalized spacial score (nSPS) is 26.8. The molecule has 1 N–H and O–H groups in total. The van der Waals surface area contributed by atoms with Crippen LogP contribution in [0.25, 0.3) is 0 Å². The van der Waals surface area contributed by atoms with Gasteiger partial charge in [-0.3, -0.25) is 4.79 Å². The summed E-state index contributed by atoms with van der Waals surface area (Å²) in [6.07, 6.45) is 4.14. The number of benzene rings is 1. The van der Waals surface area contributed by atoms with E-state index in [4.69, 9.17) is 0 Å². The van der Waals surface area contributed by atoms with E-state index in [0.29, 0.717) is 18.4 Å². The minimum Gasteiger partial charge on any atom is -0.393 e. The molecule has 132 valence electrons. The van der Waals surface area contributed by atoms with E-state index in [2.05, 4.69) is 0 Å². The Bertz CT molecular complexity index is 703. The van der Waals surface area contributed by atoms with Crippen LogP contribution in [-0.4, -0.2) is 60.1 Å². The first-order valence-corrected chi connectivity index (χ1v) is 10.1. The molecule has 0 radical (unpaired) electrons. The summed E-state index contributed by atoms with van der Waals surface area (Å²) in [5.74, 6) is 0.0115. The van der Waals surface area contributed by atoms with Gasteiger partial charge in [0, 0.05) is 31.2 Å². The fourth-order valence-electron chi connectivity index (χ4n) is 3.76. The Morgan fingerprint density at radius 3 is 2.25 bits per heavy atom. The predicted octanol–water partition coefficient (Wildman–Crippen LogP) is 1.21. The number of carbonyl (C=O) groups is 1. The van der Waals surface area contributed by atoms with Crippen LogP contribution in [-0.2, 0) is 16.6 Å². The van der Waals surface area contributed by atoms with E-state index < -0.39 is 10.0 Å². The molecule has 0 aromatic heterocycles. The standard InChI is InChI=1S/C17H24N2O4S/c1-18(24(2,22)23)11-12-3-5-13(6-4-12)17(21)19-14-7-8-15(19)10-16(20)9-14/h3-6,14-16,20H,7-11H2,1-2H3. The van der Waals surface area contributed by atoms with E-state index in [1.165, 1.54) is 17.6 Å². The van der Waals surface area contributed by atoms with Crippen molar-refractivity contribution in [1.82, 2.24) is 9.21 Å². The van der Waals surface area contributed by atoms with Crippen LogP contribution in [0.3, 0.4) is 0 Å². The third kappa shape index (κ3) is 3.48. The molecule has 2 unspecified atom stereocenters. The minimum absolute atomic E-state index is 0.0115. The summed E-state index contributed by atoms with van der Waals surface area (Å²) in [7, 11) is -1.69. The highest BCUT2D eigenvalue weighted by Crippen LogP contribution is 2.36. The lowest BCUT2D eigenvalue weighted by Crippen LogP contribution is -2.48. The highest BCUT2D eigenvalue weighted by molar-refractivity contribution is 7.88. The second kappa shape index (κ2) is 6.46. The molecule has 2 heterocycles. The number of aliphatic hydroxyl groups is 1. The van der Waals surface area contributed by atoms with Gasteiger partial charge in [-0.2, -0.15) is 0 Å².